The van der Waals surface area contributed by atoms with Crippen LogP contribution < -0.4 is 18.9 Å². The Labute approximate surface area is 150 Å². The Kier molecular flexibility index (Phi) is 4.08. The number of aromatic nitrogens is 1. The van der Waals surface area contributed by atoms with Gasteiger partial charge in [-0.3, -0.25) is 9.78 Å². The minimum Gasteiger partial charge on any atom is -0.493 e. The highest BCUT2D eigenvalue weighted by molar-refractivity contribution is 6.00. The van der Waals surface area contributed by atoms with Crippen LogP contribution in [0.4, 0.5) is 0 Å². The van der Waals surface area contributed by atoms with E-state index in [9.17, 15) is 4.79 Å². The highest BCUT2D eigenvalue weighted by Crippen LogP contribution is 2.35. The Morgan fingerprint density at radius 1 is 1.04 bits per heavy atom. The number of Topliss-reactive ketones (excluding diaryl/α,β-unsaturated/α-hetero) is 1. The van der Waals surface area contributed by atoms with Gasteiger partial charge in [0.15, 0.2) is 28.8 Å². The zero-order valence-electron chi connectivity index (χ0n) is 14.4. The Morgan fingerprint density at radius 2 is 1.81 bits per heavy atom. The molecule has 1 aliphatic rings. The van der Waals surface area contributed by atoms with Gasteiger partial charge in [0.1, 0.15) is 0 Å². The molecule has 3 aromatic rings. The molecule has 6 heteroatoms. The predicted molar refractivity (Wildman–Crippen MR) is 95.4 cm³/mol. The normalized spacial score (nSPS) is 12.2. The van der Waals surface area contributed by atoms with E-state index >= 15 is 0 Å². The largest absolute Gasteiger partial charge is 0.493 e. The molecule has 2 heterocycles. The van der Waals surface area contributed by atoms with Crippen LogP contribution in [0.25, 0.3) is 10.8 Å². The summed E-state index contributed by atoms with van der Waals surface area (Å²) in [5, 5.41) is 1.80. The van der Waals surface area contributed by atoms with E-state index in [1.54, 1.807) is 44.8 Å². The first-order valence-corrected chi connectivity index (χ1v) is 8.11. The number of hydrogen-bond donors (Lipinski definition) is 0. The Balaban J connectivity index is 1.69. The topological polar surface area (TPSA) is 66.9 Å². The van der Waals surface area contributed by atoms with Gasteiger partial charge in [0.05, 0.1) is 14.2 Å². The van der Waals surface area contributed by atoms with Crippen molar-refractivity contribution in [2.24, 2.45) is 0 Å². The first-order chi connectivity index (χ1) is 12.7. The maximum atomic E-state index is 12.8. The van der Waals surface area contributed by atoms with E-state index in [-0.39, 0.29) is 19.0 Å². The monoisotopic (exact) mass is 351 g/mol. The SMILES string of the molecule is COc1cc2cncc(CC(=O)c3ccc4c(c3)OCO4)c2cc1OC. The van der Waals surface area contributed by atoms with Gasteiger partial charge in [-0.15, -0.1) is 0 Å². The van der Waals surface area contributed by atoms with Crippen LogP contribution >= 0.6 is 0 Å². The van der Waals surface area contributed by atoms with Crippen molar-refractivity contribution in [1.29, 1.82) is 0 Å². The first-order valence-electron chi connectivity index (χ1n) is 8.11. The Morgan fingerprint density at radius 3 is 2.62 bits per heavy atom. The van der Waals surface area contributed by atoms with E-state index in [1.165, 1.54) is 0 Å². The molecule has 6 nitrogen and oxygen atoms in total. The van der Waals surface area contributed by atoms with Gasteiger partial charge in [0.2, 0.25) is 6.79 Å². The quantitative estimate of drug-likeness (QED) is 0.656. The lowest BCUT2D eigenvalue weighted by molar-refractivity contribution is 0.0992. The molecule has 0 amide bonds. The third-order valence-corrected chi connectivity index (χ3v) is 4.39. The van der Waals surface area contributed by atoms with Crippen LogP contribution in [0.1, 0.15) is 15.9 Å². The lowest BCUT2D eigenvalue weighted by atomic mass is 9.99. The first kappa shape index (κ1) is 16.2. The molecule has 0 aliphatic carbocycles. The Bertz CT molecular complexity index is 999. The summed E-state index contributed by atoms with van der Waals surface area (Å²) in [6, 6.07) is 8.95. The van der Waals surface area contributed by atoms with Gasteiger partial charge in [-0.05, 0) is 41.3 Å². The summed E-state index contributed by atoms with van der Waals surface area (Å²) in [6.07, 6.45) is 3.67. The summed E-state index contributed by atoms with van der Waals surface area (Å²) < 4.78 is 21.3. The number of hydrogen-bond acceptors (Lipinski definition) is 6. The van der Waals surface area contributed by atoms with Gasteiger partial charge in [-0.2, -0.15) is 0 Å². The van der Waals surface area contributed by atoms with E-state index in [4.69, 9.17) is 18.9 Å². The second-order valence-electron chi connectivity index (χ2n) is 5.89. The number of rotatable bonds is 5. The highest BCUT2D eigenvalue weighted by atomic mass is 16.7. The van der Waals surface area contributed by atoms with E-state index < -0.39 is 0 Å². The maximum absolute atomic E-state index is 12.8. The van der Waals surface area contributed by atoms with Crippen LogP contribution in [0.5, 0.6) is 23.0 Å². The molecule has 2 aromatic carbocycles. The molecule has 0 saturated carbocycles. The van der Waals surface area contributed by atoms with E-state index in [2.05, 4.69) is 4.98 Å². The van der Waals surface area contributed by atoms with E-state index in [0.717, 1.165) is 16.3 Å². The maximum Gasteiger partial charge on any atom is 0.231 e. The number of pyridine rings is 1. The molecular weight excluding hydrogens is 334 g/mol. The molecule has 0 fully saturated rings. The van der Waals surface area contributed by atoms with Gasteiger partial charge in [0.25, 0.3) is 0 Å². The molecule has 0 saturated heterocycles. The lowest BCUT2D eigenvalue weighted by Gasteiger charge is -2.11. The van der Waals surface area contributed by atoms with Gasteiger partial charge in [-0.25, -0.2) is 0 Å². The fourth-order valence-corrected chi connectivity index (χ4v) is 3.04. The van der Waals surface area contributed by atoms with Crippen molar-refractivity contribution in [3.8, 4) is 23.0 Å². The average Bonchev–Trinajstić information content (AvgIpc) is 3.14. The number of carbonyl (C=O) groups is 1. The fraction of sp³-hybridized carbons (Fsp3) is 0.200. The number of methoxy groups -OCH3 is 2. The summed E-state index contributed by atoms with van der Waals surface area (Å²) in [5.41, 5.74) is 1.40. The van der Waals surface area contributed by atoms with Crippen molar-refractivity contribution >= 4 is 16.6 Å². The summed E-state index contributed by atoms with van der Waals surface area (Å²) in [6.45, 7) is 0.182. The zero-order valence-corrected chi connectivity index (χ0v) is 14.4. The number of fused-ring (bicyclic) bond motifs is 2. The third kappa shape index (κ3) is 2.79. The summed E-state index contributed by atoms with van der Waals surface area (Å²) in [5.74, 6) is 2.47. The van der Waals surface area contributed by atoms with Crippen LogP contribution in [-0.4, -0.2) is 31.8 Å². The van der Waals surface area contributed by atoms with Crippen LogP contribution in [0.2, 0.25) is 0 Å². The molecule has 132 valence electrons. The molecule has 0 bridgehead atoms. The van der Waals surface area contributed by atoms with E-state index in [0.29, 0.717) is 28.6 Å². The second-order valence-corrected chi connectivity index (χ2v) is 5.89. The van der Waals surface area contributed by atoms with Crippen molar-refractivity contribution < 1.29 is 23.7 Å². The minimum atomic E-state index is -0.0209. The molecule has 26 heavy (non-hydrogen) atoms. The molecule has 0 unspecified atom stereocenters. The summed E-state index contributed by atoms with van der Waals surface area (Å²) >= 11 is 0. The molecule has 1 aromatic heterocycles. The summed E-state index contributed by atoms with van der Waals surface area (Å²) in [7, 11) is 3.17. The molecule has 4 rings (SSSR count). The lowest BCUT2D eigenvalue weighted by Crippen LogP contribution is -2.05. The summed E-state index contributed by atoms with van der Waals surface area (Å²) in [4.78, 5) is 17.0. The molecule has 0 N–H and O–H groups in total. The average molecular weight is 351 g/mol. The number of carbonyl (C=O) groups excluding carboxylic acids is 1. The smallest absolute Gasteiger partial charge is 0.231 e. The van der Waals surface area contributed by atoms with Crippen LogP contribution in [-0.2, 0) is 6.42 Å². The number of benzene rings is 2. The zero-order chi connectivity index (χ0) is 18.1. The molecule has 0 spiro atoms. The van der Waals surface area contributed by atoms with Gasteiger partial charge in [0, 0.05) is 29.8 Å². The second kappa shape index (κ2) is 6.55. The van der Waals surface area contributed by atoms with Crippen molar-refractivity contribution in [2.75, 3.05) is 21.0 Å². The third-order valence-electron chi connectivity index (χ3n) is 4.39. The Hall–Kier alpha value is -3.28. The van der Waals surface area contributed by atoms with Crippen molar-refractivity contribution in [3.63, 3.8) is 0 Å². The number of nitrogens with zero attached hydrogens (tertiary/aromatic N) is 1. The van der Waals surface area contributed by atoms with Crippen molar-refractivity contribution in [2.45, 2.75) is 6.42 Å². The van der Waals surface area contributed by atoms with Crippen LogP contribution in [0.15, 0.2) is 42.7 Å². The van der Waals surface area contributed by atoms with Gasteiger partial charge >= 0.3 is 0 Å². The van der Waals surface area contributed by atoms with Crippen molar-refractivity contribution in [1.82, 2.24) is 4.98 Å². The molecule has 0 radical (unpaired) electrons. The van der Waals surface area contributed by atoms with E-state index in [1.807, 2.05) is 12.1 Å². The number of ether oxygens (including phenoxy) is 4. The van der Waals surface area contributed by atoms with Crippen LogP contribution in [0.3, 0.4) is 0 Å². The molecule has 1 aliphatic heterocycles. The molecule has 0 atom stereocenters. The highest BCUT2D eigenvalue weighted by Gasteiger charge is 2.18. The number of ketones is 1. The van der Waals surface area contributed by atoms with Crippen molar-refractivity contribution in [3.05, 3.63) is 53.9 Å². The van der Waals surface area contributed by atoms with Crippen LogP contribution in [0, 0.1) is 0 Å². The van der Waals surface area contributed by atoms with Gasteiger partial charge in [-0.1, -0.05) is 0 Å². The predicted octanol–water partition coefficient (Wildman–Crippen LogP) is 3.41. The van der Waals surface area contributed by atoms with Gasteiger partial charge < -0.3 is 18.9 Å². The minimum absolute atomic E-state index is 0.0209. The standard InChI is InChI=1S/C20H17NO5/c1-23-18-7-14-10-21-9-13(15(14)8-19(18)24-2)5-16(22)12-3-4-17-20(6-12)26-11-25-17/h3-4,6-10H,5,11H2,1-2H3. The molecular formula is C20H17NO5. The fourth-order valence-electron chi connectivity index (χ4n) is 3.04.